The maximum absolute atomic E-state index is 6.69. The summed E-state index contributed by atoms with van der Waals surface area (Å²) in [7, 11) is 0. The first kappa shape index (κ1) is 12.5. The Labute approximate surface area is 83.6 Å². The largest absolute Gasteiger partial charge is 2.00 e. The second-order valence-corrected chi connectivity index (χ2v) is 1.49. The molecule has 0 heterocycles. The van der Waals surface area contributed by atoms with Gasteiger partial charge in [0.15, 0.2) is 0 Å². The summed E-state index contributed by atoms with van der Waals surface area (Å²) in [6.07, 6.45) is 6.69. The summed E-state index contributed by atoms with van der Waals surface area (Å²) >= 11 is 0. The number of benzene rings is 1. The van der Waals surface area contributed by atoms with Crippen LogP contribution in [0.2, 0.25) is 0 Å². The van der Waals surface area contributed by atoms with Crippen molar-refractivity contribution in [2.75, 3.05) is 0 Å². The number of hydrogen-bond acceptors (Lipinski definition) is 0. The molecule has 0 aliphatic heterocycles. The summed E-state index contributed by atoms with van der Waals surface area (Å²) in [5.41, 5.74) is 0.826. The van der Waals surface area contributed by atoms with Gasteiger partial charge in [-0.1, -0.05) is 18.2 Å². The van der Waals surface area contributed by atoms with Crippen molar-refractivity contribution < 1.29 is 12.4 Å². The molecule has 0 aliphatic rings. The van der Waals surface area contributed by atoms with Crippen molar-refractivity contribution in [2.24, 2.45) is 0 Å². The zero-order valence-electron chi connectivity index (χ0n) is 5.47. The fourth-order valence-electron chi connectivity index (χ4n) is 0.521. The molecule has 0 radical (unpaired) electrons. The molecule has 0 amide bonds. The zero-order valence-corrected chi connectivity index (χ0v) is 7.64. The van der Waals surface area contributed by atoms with Crippen molar-refractivity contribution in [2.45, 2.75) is 0 Å². The molecule has 0 aromatic heterocycles. The van der Waals surface area contributed by atoms with Gasteiger partial charge in [0.25, 0.3) is 0 Å². The summed E-state index contributed by atoms with van der Waals surface area (Å²) in [6, 6.07) is 9.37. The Morgan fingerprint density at radius 2 is 1.60 bits per heavy atom. The minimum Gasteiger partial charge on any atom is -1.00 e. The molecular weight excluding hydrogens is 156 g/mol. The fraction of sp³-hybridized carbons (Fsp3) is 0. The van der Waals surface area contributed by atoms with Crippen LogP contribution in [-0.4, -0.2) is 23.1 Å². The van der Waals surface area contributed by atoms with Crippen molar-refractivity contribution in [1.29, 1.82) is 0 Å². The quantitative estimate of drug-likeness (QED) is 0.240. The van der Waals surface area contributed by atoms with Gasteiger partial charge in [0.2, 0.25) is 0 Å². The van der Waals surface area contributed by atoms with Crippen molar-refractivity contribution in [1.82, 2.24) is 0 Å². The van der Waals surface area contributed by atoms with E-state index in [0.717, 1.165) is 5.56 Å². The van der Waals surface area contributed by atoms with E-state index >= 15 is 0 Å². The van der Waals surface area contributed by atoms with Crippen LogP contribution in [-0.2, 0) is 0 Å². The molecular formula is C8H5ClMg. The summed E-state index contributed by atoms with van der Waals surface area (Å²) in [5, 5.41) is 0. The average molecular weight is 161 g/mol. The fourth-order valence-corrected chi connectivity index (χ4v) is 0.521. The van der Waals surface area contributed by atoms with E-state index in [1.54, 1.807) is 0 Å². The van der Waals surface area contributed by atoms with E-state index in [0.29, 0.717) is 0 Å². The summed E-state index contributed by atoms with van der Waals surface area (Å²) < 4.78 is 0. The van der Waals surface area contributed by atoms with E-state index in [1.807, 2.05) is 30.3 Å². The minimum absolute atomic E-state index is 0. The normalized spacial score (nSPS) is 6.30. The maximum Gasteiger partial charge on any atom is 2.00 e. The molecule has 0 nitrogen and oxygen atoms in total. The molecule has 0 fully saturated rings. The van der Waals surface area contributed by atoms with Crippen LogP contribution in [0.25, 0.3) is 0 Å². The average Bonchev–Trinajstić information content (AvgIpc) is 1.90. The van der Waals surface area contributed by atoms with E-state index in [-0.39, 0.29) is 35.5 Å². The van der Waals surface area contributed by atoms with Crippen molar-refractivity contribution >= 4 is 23.1 Å². The first-order valence-corrected chi connectivity index (χ1v) is 2.41. The molecule has 0 N–H and O–H groups in total. The van der Waals surface area contributed by atoms with Gasteiger partial charge >= 0.3 is 23.1 Å². The van der Waals surface area contributed by atoms with E-state index < -0.39 is 0 Å². The first-order valence-electron chi connectivity index (χ1n) is 2.41. The molecule has 1 aromatic rings. The second kappa shape index (κ2) is 6.95. The van der Waals surface area contributed by atoms with E-state index in [2.05, 4.69) is 5.92 Å². The molecule has 0 saturated carbocycles. The molecule has 0 aliphatic carbocycles. The van der Waals surface area contributed by atoms with Gasteiger partial charge < -0.3 is 18.8 Å². The van der Waals surface area contributed by atoms with Crippen LogP contribution in [0.15, 0.2) is 30.3 Å². The van der Waals surface area contributed by atoms with Crippen LogP contribution >= 0.6 is 0 Å². The van der Waals surface area contributed by atoms with Crippen LogP contribution in [0.3, 0.4) is 0 Å². The number of rotatable bonds is 0. The van der Waals surface area contributed by atoms with Gasteiger partial charge in [-0.25, -0.2) is 0 Å². The third-order valence-corrected chi connectivity index (χ3v) is 0.918. The first-order chi connectivity index (χ1) is 3.93. The Bertz CT molecular complexity index is 200. The van der Waals surface area contributed by atoms with Crippen molar-refractivity contribution in [3.63, 3.8) is 0 Å². The third-order valence-electron chi connectivity index (χ3n) is 0.918. The van der Waals surface area contributed by atoms with E-state index in [4.69, 9.17) is 6.42 Å². The molecule has 0 spiro atoms. The van der Waals surface area contributed by atoms with Gasteiger partial charge in [0, 0.05) is 0 Å². The molecule has 0 unspecified atom stereocenters. The van der Waals surface area contributed by atoms with E-state index in [9.17, 15) is 0 Å². The Morgan fingerprint density at radius 3 is 1.90 bits per heavy atom. The zero-order chi connectivity index (χ0) is 5.82. The Balaban J connectivity index is 0. The number of hydrogen-bond donors (Lipinski definition) is 0. The van der Waals surface area contributed by atoms with Gasteiger partial charge in [-0.15, -0.1) is 17.7 Å². The standard InChI is InChI=1S/C8H5.ClH.Mg/c1-2-8-6-4-3-5-7-8;;/h3-7H;1H;/q-1;;+2/p-1. The molecule has 1 aromatic carbocycles. The molecule has 0 bridgehead atoms. The molecule has 1 rings (SSSR count). The van der Waals surface area contributed by atoms with Gasteiger partial charge in [-0.2, -0.15) is 0 Å². The van der Waals surface area contributed by atoms with Crippen LogP contribution in [0, 0.1) is 12.3 Å². The SMILES string of the molecule is [C-]#Cc1ccccc1.[Cl-].[Mg+2]. The predicted molar refractivity (Wildman–Crippen MR) is 38.4 cm³/mol. The third kappa shape index (κ3) is 3.79. The monoisotopic (exact) mass is 160 g/mol. The molecule has 2 heteroatoms. The van der Waals surface area contributed by atoms with Crippen LogP contribution in [0.4, 0.5) is 0 Å². The topological polar surface area (TPSA) is 0 Å². The number of halogens is 1. The van der Waals surface area contributed by atoms with Crippen LogP contribution in [0.5, 0.6) is 0 Å². The predicted octanol–water partition coefficient (Wildman–Crippen LogP) is -1.75. The van der Waals surface area contributed by atoms with Gasteiger partial charge in [-0.3, -0.25) is 5.92 Å². The Morgan fingerprint density at radius 1 is 1.10 bits per heavy atom. The second-order valence-electron chi connectivity index (χ2n) is 1.49. The molecule has 46 valence electrons. The summed E-state index contributed by atoms with van der Waals surface area (Å²) in [4.78, 5) is 0. The summed E-state index contributed by atoms with van der Waals surface area (Å²) in [5.74, 6) is 2.28. The van der Waals surface area contributed by atoms with Crippen LogP contribution in [0.1, 0.15) is 5.56 Å². The van der Waals surface area contributed by atoms with Gasteiger partial charge in [-0.05, 0) is 0 Å². The van der Waals surface area contributed by atoms with Gasteiger partial charge in [0.1, 0.15) is 0 Å². The van der Waals surface area contributed by atoms with Gasteiger partial charge in [0.05, 0.1) is 0 Å². The molecule has 10 heavy (non-hydrogen) atoms. The smallest absolute Gasteiger partial charge is 1.00 e. The molecule has 0 saturated heterocycles. The van der Waals surface area contributed by atoms with E-state index in [1.165, 1.54) is 0 Å². The van der Waals surface area contributed by atoms with Crippen molar-refractivity contribution in [3.05, 3.63) is 42.3 Å². The van der Waals surface area contributed by atoms with Crippen LogP contribution < -0.4 is 12.4 Å². The minimum atomic E-state index is 0. The Hall–Kier alpha value is -0.164. The maximum atomic E-state index is 6.69. The Kier molecular flexibility index (Phi) is 8.69. The molecule has 0 atom stereocenters. The summed E-state index contributed by atoms with van der Waals surface area (Å²) in [6.45, 7) is 0. The van der Waals surface area contributed by atoms with Crippen molar-refractivity contribution in [3.8, 4) is 5.92 Å².